The minimum atomic E-state index is 0.484. The Kier molecular flexibility index (Phi) is 5.32. The average Bonchev–Trinajstić information content (AvgIpc) is 2.67. The first-order valence-electron chi connectivity index (χ1n) is 7.68. The SMILES string of the molecule is COc1cc(Nc2c(C#N)c(I)nc3ccccc23)cc(OC)c1OC. The highest BCUT2D eigenvalue weighted by atomic mass is 127. The number of hydrogen-bond acceptors (Lipinski definition) is 6. The lowest BCUT2D eigenvalue weighted by Crippen LogP contribution is -2.01. The molecule has 7 heteroatoms. The van der Waals surface area contributed by atoms with Crippen LogP contribution in [0.4, 0.5) is 11.4 Å². The van der Waals surface area contributed by atoms with Gasteiger partial charge in [0, 0.05) is 23.2 Å². The summed E-state index contributed by atoms with van der Waals surface area (Å²) in [5, 5.41) is 13.8. The molecule has 0 saturated carbocycles. The molecule has 0 aliphatic carbocycles. The number of ether oxygens (including phenoxy) is 3. The van der Waals surface area contributed by atoms with Crippen LogP contribution in [0, 0.1) is 15.0 Å². The lowest BCUT2D eigenvalue weighted by Gasteiger charge is -2.17. The number of nitrogens with zero attached hydrogens (tertiary/aromatic N) is 2. The van der Waals surface area contributed by atoms with Gasteiger partial charge in [-0.25, -0.2) is 4.98 Å². The van der Waals surface area contributed by atoms with Gasteiger partial charge in [0.1, 0.15) is 15.3 Å². The number of pyridine rings is 1. The lowest BCUT2D eigenvalue weighted by atomic mass is 10.1. The third kappa shape index (κ3) is 3.20. The molecule has 3 aromatic rings. The highest BCUT2D eigenvalue weighted by molar-refractivity contribution is 14.1. The van der Waals surface area contributed by atoms with E-state index >= 15 is 0 Å². The molecular weight excluding hydrogens is 445 g/mol. The van der Waals surface area contributed by atoms with Crippen LogP contribution in [-0.4, -0.2) is 26.3 Å². The van der Waals surface area contributed by atoms with Crippen molar-refractivity contribution in [2.24, 2.45) is 0 Å². The summed E-state index contributed by atoms with van der Waals surface area (Å²) in [5.74, 6) is 1.57. The molecular formula is C19H16IN3O3. The van der Waals surface area contributed by atoms with E-state index in [2.05, 4.69) is 39.0 Å². The van der Waals surface area contributed by atoms with Gasteiger partial charge in [-0.3, -0.25) is 0 Å². The van der Waals surface area contributed by atoms with Crippen LogP contribution in [0.25, 0.3) is 10.9 Å². The van der Waals surface area contributed by atoms with Crippen LogP contribution >= 0.6 is 22.6 Å². The summed E-state index contributed by atoms with van der Waals surface area (Å²) >= 11 is 2.07. The van der Waals surface area contributed by atoms with Crippen molar-refractivity contribution in [2.45, 2.75) is 0 Å². The Balaban J connectivity index is 2.19. The lowest BCUT2D eigenvalue weighted by molar-refractivity contribution is 0.324. The van der Waals surface area contributed by atoms with Crippen LogP contribution in [0.1, 0.15) is 5.56 Å². The molecule has 0 unspecified atom stereocenters. The second kappa shape index (κ2) is 7.66. The monoisotopic (exact) mass is 461 g/mol. The molecule has 2 aromatic carbocycles. The summed E-state index contributed by atoms with van der Waals surface area (Å²) in [6, 6.07) is 13.5. The maximum absolute atomic E-state index is 9.62. The van der Waals surface area contributed by atoms with Gasteiger partial charge in [-0.1, -0.05) is 18.2 Å². The van der Waals surface area contributed by atoms with Crippen molar-refractivity contribution >= 4 is 44.9 Å². The molecule has 132 valence electrons. The summed E-state index contributed by atoms with van der Waals surface area (Å²) in [6.45, 7) is 0. The fourth-order valence-corrected chi connectivity index (χ4v) is 3.36. The molecule has 0 radical (unpaired) electrons. The normalized spacial score (nSPS) is 10.3. The van der Waals surface area contributed by atoms with Gasteiger partial charge in [0.15, 0.2) is 11.5 Å². The molecule has 0 aliphatic heterocycles. The fraction of sp³-hybridized carbons (Fsp3) is 0.158. The van der Waals surface area contributed by atoms with E-state index in [0.717, 1.165) is 10.9 Å². The predicted molar refractivity (Wildman–Crippen MR) is 109 cm³/mol. The molecule has 0 fully saturated rings. The molecule has 0 saturated heterocycles. The maximum Gasteiger partial charge on any atom is 0.203 e. The minimum absolute atomic E-state index is 0.484. The summed E-state index contributed by atoms with van der Waals surface area (Å²) < 4.78 is 16.8. The highest BCUT2D eigenvalue weighted by Gasteiger charge is 2.17. The third-order valence-corrected chi connectivity index (χ3v) is 4.67. The Morgan fingerprint density at radius 1 is 1.04 bits per heavy atom. The quantitative estimate of drug-likeness (QED) is 0.446. The summed E-state index contributed by atoms with van der Waals surface area (Å²) in [6.07, 6.45) is 0. The summed E-state index contributed by atoms with van der Waals surface area (Å²) in [5.41, 5.74) is 2.70. The van der Waals surface area contributed by atoms with Gasteiger partial charge in [-0.2, -0.15) is 5.26 Å². The zero-order valence-corrected chi connectivity index (χ0v) is 16.6. The maximum atomic E-state index is 9.62. The van der Waals surface area contributed by atoms with Crippen molar-refractivity contribution in [3.8, 4) is 23.3 Å². The number of hydrogen-bond donors (Lipinski definition) is 1. The van der Waals surface area contributed by atoms with Crippen LogP contribution < -0.4 is 19.5 Å². The number of benzene rings is 2. The van der Waals surface area contributed by atoms with E-state index in [1.807, 2.05) is 24.3 Å². The second-order valence-corrected chi connectivity index (χ2v) is 6.34. The van der Waals surface area contributed by atoms with Crippen molar-refractivity contribution in [3.63, 3.8) is 0 Å². The molecule has 6 nitrogen and oxygen atoms in total. The van der Waals surface area contributed by atoms with Crippen molar-refractivity contribution in [3.05, 3.63) is 45.7 Å². The Morgan fingerprint density at radius 3 is 2.27 bits per heavy atom. The van der Waals surface area contributed by atoms with Gasteiger partial charge in [-0.15, -0.1) is 0 Å². The van der Waals surface area contributed by atoms with E-state index < -0.39 is 0 Å². The number of anilines is 2. The van der Waals surface area contributed by atoms with Gasteiger partial charge < -0.3 is 19.5 Å². The number of fused-ring (bicyclic) bond motifs is 1. The number of nitrogens with one attached hydrogen (secondary N) is 1. The topological polar surface area (TPSA) is 76.4 Å². The number of halogens is 1. The number of nitriles is 1. The van der Waals surface area contributed by atoms with Gasteiger partial charge in [-0.05, 0) is 28.7 Å². The van der Waals surface area contributed by atoms with E-state index in [4.69, 9.17) is 14.2 Å². The summed E-state index contributed by atoms with van der Waals surface area (Å²) in [4.78, 5) is 4.50. The van der Waals surface area contributed by atoms with Crippen molar-refractivity contribution in [1.82, 2.24) is 4.98 Å². The van der Waals surface area contributed by atoms with E-state index in [-0.39, 0.29) is 0 Å². The predicted octanol–water partition coefficient (Wildman–Crippen LogP) is 4.48. The van der Waals surface area contributed by atoms with Crippen LogP contribution in [0.5, 0.6) is 17.2 Å². The molecule has 0 aliphatic rings. The van der Waals surface area contributed by atoms with E-state index in [0.29, 0.717) is 37.9 Å². The molecule has 26 heavy (non-hydrogen) atoms. The first-order valence-corrected chi connectivity index (χ1v) is 8.76. The first-order chi connectivity index (χ1) is 12.6. The Hall–Kier alpha value is -2.73. The molecule has 0 amide bonds. The zero-order chi connectivity index (χ0) is 18.7. The molecule has 0 atom stereocenters. The number of methoxy groups -OCH3 is 3. The molecule has 0 spiro atoms. The smallest absolute Gasteiger partial charge is 0.203 e. The Morgan fingerprint density at radius 2 is 1.69 bits per heavy atom. The van der Waals surface area contributed by atoms with Crippen molar-refractivity contribution in [2.75, 3.05) is 26.6 Å². The fourth-order valence-electron chi connectivity index (χ4n) is 2.71. The largest absolute Gasteiger partial charge is 0.493 e. The van der Waals surface area contributed by atoms with Crippen LogP contribution in [0.3, 0.4) is 0 Å². The minimum Gasteiger partial charge on any atom is -0.493 e. The average molecular weight is 461 g/mol. The summed E-state index contributed by atoms with van der Waals surface area (Å²) in [7, 11) is 4.68. The first kappa shape index (κ1) is 18.1. The van der Waals surface area contributed by atoms with Crippen LogP contribution in [0.15, 0.2) is 36.4 Å². The van der Waals surface area contributed by atoms with Crippen LogP contribution in [-0.2, 0) is 0 Å². The van der Waals surface area contributed by atoms with E-state index in [1.54, 1.807) is 33.5 Å². The Labute approximate surface area is 164 Å². The molecule has 3 rings (SSSR count). The van der Waals surface area contributed by atoms with Gasteiger partial charge in [0.2, 0.25) is 5.75 Å². The van der Waals surface area contributed by atoms with Crippen molar-refractivity contribution in [1.29, 1.82) is 5.26 Å². The van der Waals surface area contributed by atoms with E-state index in [1.165, 1.54) is 0 Å². The van der Waals surface area contributed by atoms with Crippen LogP contribution in [0.2, 0.25) is 0 Å². The molecule has 1 N–H and O–H groups in total. The number of para-hydroxylation sites is 1. The van der Waals surface area contributed by atoms with Gasteiger partial charge in [0.25, 0.3) is 0 Å². The van der Waals surface area contributed by atoms with E-state index in [9.17, 15) is 5.26 Å². The number of rotatable bonds is 5. The van der Waals surface area contributed by atoms with Gasteiger partial charge in [0.05, 0.1) is 32.5 Å². The molecule has 0 bridgehead atoms. The molecule has 1 heterocycles. The highest BCUT2D eigenvalue weighted by Crippen LogP contribution is 2.41. The second-order valence-electron chi connectivity index (χ2n) is 5.32. The van der Waals surface area contributed by atoms with Gasteiger partial charge >= 0.3 is 0 Å². The zero-order valence-electron chi connectivity index (χ0n) is 14.5. The number of aromatic nitrogens is 1. The third-order valence-electron chi connectivity index (χ3n) is 3.89. The standard InChI is InChI=1S/C19H16IN3O3/c1-24-15-8-11(9-16(25-2)18(15)26-3)22-17-12-6-4-5-7-14(12)23-19(20)13(17)10-21/h4-9H,1-3H3,(H,22,23). The molecule has 1 aromatic heterocycles. The Bertz CT molecular complexity index is 990. The van der Waals surface area contributed by atoms with Crippen molar-refractivity contribution < 1.29 is 14.2 Å².